The second-order valence-corrected chi connectivity index (χ2v) is 11.0. The number of pyridine rings is 1. The number of hydrogen-bond donors (Lipinski definition) is 1. The Hall–Kier alpha value is -1.72. The summed E-state index contributed by atoms with van der Waals surface area (Å²) in [6.07, 6.45) is 1.76. The Bertz CT molecular complexity index is 1090. The third-order valence-corrected chi connectivity index (χ3v) is 8.55. The molecule has 5 rings (SSSR count). The number of rotatable bonds is 6. The second kappa shape index (κ2) is 10.3. The first kappa shape index (κ1) is 23.0. The molecule has 0 bridgehead atoms. The topological polar surface area (TPSA) is 75.1 Å². The summed E-state index contributed by atoms with van der Waals surface area (Å²) in [5.74, 6) is 1.03. The van der Waals surface area contributed by atoms with Gasteiger partial charge in [0.2, 0.25) is 0 Å². The monoisotopic (exact) mass is 486 g/mol. The van der Waals surface area contributed by atoms with E-state index in [0.717, 1.165) is 68.5 Å². The lowest BCUT2D eigenvalue weighted by atomic mass is 10.1. The van der Waals surface area contributed by atoms with Gasteiger partial charge in [0.25, 0.3) is 0 Å². The molecular weight excluding hydrogens is 456 g/mol. The Morgan fingerprint density at radius 3 is 2.61 bits per heavy atom. The summed E-state index contributed by atoms with van der Waals surface area (Å²) in [6.45, 7) is 7.60. The molecule has 4 heterocycles. The van der Waals surface area contributed by atoms with E-state index in [4.69, 9.17) is 9.72 Å². The van der Waals surface area contributed by atoms with E-state index < -0.39 is 11.4 Å². The van der Waals surface area contributed by atoms with Crippen LogP contribution in [0.1, 0.15) is 10.4 Å². The van der Waals surface area contributed by atoms with Gasteiger partial charge >= 0.3 is 0 Å². The van der Waals surface area contributed by atoms with Gasteiger partial charge in [0.1, 0.15) is 12.1 Å². The fourth-order valence-corrected chi connectivity index (χ4v) is 6.37. The highest BCUT2D eigenvalue weighted by molar-refractivity contribution is 7.88. The van der Waals surface area contributed by atoms with Crippen molar-refractivity contribution in [3.63, 3.8) is 0 Å². The molecule has 1 aromatic carbocycles. The number of fused-ring (bicyclic) bond motifs is 1. The van der Waals surface area contributed by atoms with Crippen molar-refractivity contribution in [1.29, 1.82) is 0 Å². The third kappa shape index (κ3) is 5.19. The maximum atomic E-state index is 11.7. The largest absolute Gasteiger partial charge is 0.598 e. The van der Waals surface area contributed by atoms with Crippen LogP contribution in [0.15, 0.2) is 36.4 Å². The average Bonchev–Trinajstić information content (AvgIpc) is 3.26. The van der Waals surface area contributed by atoms with Crippen molar-refractivity contribution in [2.24, 2.45) is 0 Å². The van der Waals surface area contributed by atoms with E-state index in [1.165, 1.54) is 15.0 Å². The van der Waals surface area contributed by atoms with Crippen LogP contribution in [-0.2, 0) is 29.3 Å². The highest BCUT2D eigenvalue weighted by atomic mass is 32.2. The molecule has 1 N–H and O–H groups in total. The van der Waals surface area contributed by atoms with Crippen molar-refractivity contribution in [3.8, 4) is 11.3 Å². The number of thiophene rings is 1. The zero-order valence-corrected chi connectivity index (χ0v) is 20.5. The van der Waals surface area contributed by atoms with Crippen molar-refractivity contribution in [1.82, 2.24) is 14.2 Å². The lowest BCUT2D eigenvalue weighted by Gasteiger charge is -2.32. The van der Waals surface area contributed by atoms with E-state index in [1.54, 1.807) is 6.26 Å². The fourth-order valence-electron chi connectivity index (χ4n) is 4.49. The van der Waals surface area contributed by atoms with Gasteiger partial charge in [0.05, 0.1) is 43.3 Å². The highest BCUT2D eigenvalue weighted by Gasteiger charge is 2.24. The molecule has 0 spiro atoms. The maximum Gasteiger partial charge on any atom is 0.147 e. The Balaban J connectivity index is 1.46. The molecule has 9 heteroatoms. The van der Waals surface area contributed by atoms with Gasteiger partial charge < -0.3 is 19.3 Å². The number of nitrogens with zero attached hydrogens (tertiary/aromatic N) is 4. The Kier molecular flexibility index (Phi) is 7.17. The maximum absolute atomic E-state index is 11.7. The van der Waals surface area contributed by atoms with Crippen LogP contribution in [0.4, 0.5) is 5.82 Å². The van der Waals surface area contributed by atoms with Crippen LogP contribution in [0.5, 0.6) is 0 Å². The average molecular weight is 487 g/mol. The third-order valence-electron chi connectivity index (χ3n) is 6.32. The Morgan fingerprint density at radius 2 is 1.88 bits per heavy atom. The normalized spacial score (nSPS) is 19.3. The summed E-state index contributed by atoms with van der Waals surface area (Å²) in [4.78, 5) is 11.2. The van der Waals surface area contributed by atoms with Crippen LogP contribution in [-0.4, -0.2) is 82.6 Å². The van der Waals surface area contributed by atoms with E-state index in [-0.39, 0.29) is 6.61 Å². The predicted molar refractivity (Wildman–Crippen MR) is 135 cm³/mol. The summed E-state index contributed by atoms with van der Waals surface area (Å²) in [6, 6.07) is 12.5. The molecule has 33 heavy (non-hydrogen) atoms. The number of benzene rings is 1. The quantitative estimate of drug-likeness (QED) is 0.537. The minimum Gasteiger partial charge on any atom is -0.598 e. The Morgan fingerprint density at radius 1 is 1.09 bits per heavy atom. The number of aromatic nitrogens is 1. The molecule has 1 atom stereocenters. The van der Waals surface area contributed by atoms with Gasteiger partial charge in [-0.05, 0) is 29.1 Å². The van der Waals surface area contributed by atoms with Gasteiger partial charge in [0, 0.05) is 54.5 Å². The minimum absolute atomic E-state index is 0.0217. The van der Waals surface area contributed by atoms with Crippen LogP contribution >= 0.6 is 11.3 Å². The summed E-state index contributed by atoms with van der Waals surface area (Å²) in [5, 5.41) is 10.8. The molecule has 2 saturated heterocycles. The highest BCUT2D eigenvalue weighted by Crippen LogP contribution is 2.37. The standard InChI is InChI=1S/C24H30N4O3S2/c1-33(30)28-7-5-26(6-8-28)16-21-14-20-15-22(19-4-2-3-18(13-19)17-29)25-24(23(20)32-21)27-9-11-31-12-10-27/h2-4,13-15,29H,5-12,16-17H2,1H3. The number of anilines is 1. The van der Waals surface area contributed by atoms with Gasteiger partial charge in [-0.1, -0.05) is 18.2 Å². The molecule has 2 aliphatic heterocycles. The molecule has 2 aromatic heterocycles. The fraction of sp³-hybridized carbons (Fsp3) is 0.458. The number of morpholine rings is 1. The van der Waals surface area contributed by atoms with Crippen LogP contribution in [0.25, 0.3) is 21.3 Å². The first-order valence-electron chi connectivity index (χ1n) is 11.4. The summed E-state index contributed by atoms with van der Waals surface area (Å²) in [5.41, 5.74) is 2.84. The number of hydrogen-bond acceptors (Lipinski definition) is 8. The molecular formula is C24H30N4O3S2. The van der Waals surface area contributed by atoms with Gasteiger partial charge in [-0.2, -0.15) is 0 Å². The molecule has 0 saturated carbocycles. The first-order valence-corrected chi connectivity index (χ1v) is 13.7. The van der Waals surface area contributed by atoms with E-state index >= 15 is 0 Å². The molecule has 0 amide bonds. The summed E-state index contributed by atoms with van der Waals surface area (Å²) >= 11 is 0.944. The molecule has 0 radical (unpaired) electrons. The number of piperazine rings is 1. The van der Waals surface area contributed by atoms with E-state index in [0.29, 0.717) is 13.2 Å². The van der Waals surface area contributed by atoms with E-state index in [1.807, 2.05) is 33.8 Å². The van der Waals surface area contributed by atoms with Crippen LogP contribution in [0.2, 0.25) is 0 Å². The summed E-state index contributed by atoms with van der Waals surface area (Å²) < 4.78 is 20.6. The van der Waals surface area contributed by atoms with E-state index in [2.05, 4.69) is 28.0 Å². The van der Waals surface area contributed by atoms with Crippen molar-refractivity contribution in [2.75, 3.05) is 63.6 Å². The SMILES string of the molecule is C[S+]([O-])N1CCN(Cc2cc3cc(-c4cccc(CO)c4)nc(N4CCOCC4)c3s2)CC1. The van der Waals surface area contributed by atoms with Crippen molar-refractivity contribution in [3.05, 3.63) is 46.8 Å². The number of aliphatic hydroxyl groups excluding tert-OH is 1. The molecule has 3 aromatic rings. The number of ether oxygens (including phenoxy) is 1. The van der Waals surface area contributed by atoms with Gasteiger partial charge in [-0.15, -0.1) is 15.6 Å². The Labute approximate surface area is 201 Å². The predicted octanol–water partition coefficient (Wildman–Crippen LogP) is 2.70. The lowest BCUT2D eigenvalue weighted by Crippen LogP contribution is -2.47. The molecule has 2 aliphatic rings. The van der Waals surface area contributed by atoms with Crippen LogP contribution in [0, 0.1) is 0 Å². The van der Waals surface area contributed by atoms with Crippen molar-refractivity contribution in [2.45, 2.75) is 13.2 Å². The van der Waals surface area contributed by atoms with Crippen LogP contribution < -0.4 is 4.90 Å². The molecule has 7 nitrogen and oxygen atoms in total. The zero-order chi connectivity index (χ0) is 22.8. The van der Waals surface area contributed by atoms with Crippen LogP contribution in [0.3, 0.4) is 0 Å². The van der Waals surface area contributed by atoms with Gasteiger partial charge in [-0.3, -0.25) is 4.90 Å². The molecule has 176 valence electrons. The second-order valence-electron chi connectivity index (χ2n) is 8.55. The number of aliphatic hydroxyl groups is 1. The zero-order valence-electron chi connectivity index (χ0n) is 18.9. The first-order chi connectivity index (χ1) is 16.1. The molecule has 1 unspecified atom stereocenters. The minimum atomic E-state index is -0.886. The van der Waals surface area contributed by atoms with Gasteiger partial charge in [-0.25, -0.2) is 4.98 Å². The molecule has 2 fully saturated rings. The lowest BCUT2D eigenvalue weighted by molar-refractivity contribution is 0.122. The van der Waals surface area contributed by atoms with Gasteiger partial charge in [0.15, 0.2) is 0 Å². The smallest absolute Gasteiger partial charge is 0.147 e. The summed E-state index contributed by atoms with van der Waals surface area (Å²) in [7, 11) is 0. The molecule has 0 aliphatic carbocycles. The van der Waals surface area contributed by atoms with E-state index in [9.17, 15) is 9.66 Å². The van der Waals surface area contributed by atoms with Crippen molar-refractivity contribution >= 4 is 38.6 Å². The van der Waals surface area contributed by atoms with Crippen molar-refractivity contribution < 1.29 is 14.4 Å².